The Morgan fingerprint density at radius 2 is 1.90 bits per heavy atom. The highest BCUT2D eigenvalue weighted by atomic mass is 19.1. The third-order valence-electron chi connectivity index (χ3n) is 4.75. The maximum Gasteiger partial charge on any atom is 0.295 e. The summed E-state index contributed by atoms with van der Waals surface area (Å²) in [5, 5.41) is 10.8. The molecule has 4 rings (SSSR count). The zero-order chi connectivity index (χ0) is 21.1. The fourth-order valence-corrected chi connectivity index (χ4v) is 3.09. The molecule has 0 bridgehead atoms. The van der Waals surface area contributed by atoms with Crippen LogP contribution in [0.1, 0.15) is 16.2 Å². The number of nitrogens with zero attached hydrogens (tertiary/aromatic N) is 4. The Hall–Kier alpha value is -3.53. The lowest BCUT2D eigenvalue weighted by Crippen LogP contribution is -2.42. The SMILES string of the molecule is Cc1cc(NC(=O)c2cc(-c3ccc(F)cc3)no2)nn1CC(=O)N1CCOCC1. The Kier molecular flexibility index (Phi) is 5.57. The van der Waals surface area contributed by atoms with Crippen LogP contribution in [0.3, 0.4) is 0 Å². The normalized spacial score (nSPS) is 14.0. The first kappa shape index (κ1) is 19.8. The average Bonchev–Trinajstić information content (AvgIpc) is 3.36. The van der Waals surface area contributed by atoms with E-state index in [-0.39, 0.29) is 24.0 Å². The van der Waals surface area contributed by atoms with E-state index in [9.17, 15) is 14.0 Å². The quantitative estimate of drug-likeness (QED) is 0.687. The summed E-state index contributed by atoms with van der Waals surface area (Å²) in [5.41, 5.74) is 1.77. The first-order valence-electron chi connectivity index (χ1n) is 9.43. The van der Waals surface area contributed by atoms with E-state index in [1.165, 1.54) is 22.9 Å². The van der Waals surface area contributed by atoms with Crippen LogP contribution in [-0.2, 0) is 16.1 Å². The summed E-state index contributed by atoms with van der Waals surface area (Å²) in [4.78, 5) is 26.6. The third kappa shape index (κ3) is 4.38. The van der Waals surface area contributed by atoms with Gasteiger partial charge in [-0.3, -0.25) is 14.3 Å². The van der Waals surface area contributed by atoms with E-state index in [0.717, 1.165) is 5.69 Å². The molecule has 156 valence electrons. The second-order valence-electron chi connectivity index (χ2n) is 6.86. The first-order valence-corrected chi connectivity index (χ1v) is 9.43. The lowest BCUT2D eigenvalue weighted by atomic mass is 10.1. The molecule has 3 heterocycles. The van der Waals surface area contributed by atoms with E-state index < -0.39 is 5.91 Å². The van der Waals surface area contributed by atoms with Crippen LogP contribution in [0.4, 0.5) is 10.2 Å². The van der Waals surface area contributed by atoms with Crippen molar-refractivity contribution in [3.63, 3.8) is 0 Å². The van der Waals surface area contributed by atoms with E-state index >= 15 is 0 Å². The number of amides is 2. The first-order chi connectivity index (χ1) is 14.5. The maximum atomic E-state index is 13.1. The molecule has 10 heteroatoms. The number of nitrogens with one attached hydrogen (secondary N) is 1. The number of ether oxygens (including phenoxy) is 1. The largest absolute Gasteiger partial charge is 0.378 e. The molecule has 1 aromatic carbocycles. The summed E-state index contributed by atoms with van der Waals surface area (Å²) in [5.74, 6) is -0.655. The highest BCUT2D eigenvalue weighted by Gasteiger charge is 2.20. The average molecular weight is 413 g/mol. The molecule has 1 N–H and O–H groups in total. The monoisotopic (exact) mass is 413 g/mol. The van der Waals surface area contributed by atoms with Crippen LogP contribution in [0.5, 0.6) is 0 Å². The van der Waals surface area contributed by atoms with Gasteiger partial charge in [0.1, 0.15) is 18.1 Å². The Labute approximate surface area is 171 Å². The predicted octanol–water partition coefficient (Wildman–Crippen LogP) is 2.10. The molecule has 1 saturated heterocycles. The molecule has 1 fully saturated rings. The summed E-state index contributed by atoms with van der Waals surface area (Å²) in [7, 11) is 0. The zero-order valence-corrected chi connectivity index (χ0v) is 16.3. The summed E-state index contributed by atoms with van der Waals surface area (Å²) in [6.45, 7) is 4.06. The number of hydrogen-bond acceptors (Lipinski definition) is 6. The van der Waals surface area contributed by atoms with Gasteiger partial charge < -0.3 is 19.5 Å². The molecule has 0 aliphatic carbocycles. The van der Waals surface area contributed by atoms with Crippen LogP contribution in [0.25, 0.3) is 11.3 Å². The molecular formula is C20H20FN5O4. The molecule has 9 nitrogen and oxygen atoms in total. The van der Waals surface area contributed by atoms with Crippen molar-refractivity contribution in [2.24, 2.45) is 0 Å². The number of aromatic nitrogens is 3. The number of benzene rings is 1. The lowest BCUT2D eigenvalue weighted by molar-refractivity contribution is -0.136. The molecule has 0 unspecified atom stereocenters. The second-order valence-corrected chi connectivity index (χ2v) is 6.86. The van der Waals surface area contributed by atoms with Gasteiger partial charge in [-0.25, -0.2) is 4.39 Å². The topological polar surface area (TPSA) is 102 Å². The van der Waals surface area contributed by atoms with Gasteiger partial charge in [-0.2, -0.15) is 5.10 Å². The number of carbonyl (C=O) groups excluding carboxylic acids is 2. The molecule has 3 aromatic rings. The van der Waals surface area contributed by atoms with Gasteiger partial charge in [-0.15, -0.1) is 0 Å². The highest BCUT2D eigenvalue weighted by Crippen LogP contribution is 2.20. The van der Waals surface area contributed by atoms with Gasteiger partial charge in [0, 0.05) is 36.5 Å². The van der Waals surface area contributed by atoms with Crippen molar-refractivity contribution < 1.29 is 23.2 Å². The number of halogens is 1. The van der Waals surface area contributed by atoms with E-state index in [0.29, 0.717) is 43.4 Å². The molecule has 2 aromatic heterocycles. The molecule has 1 aliphatic heterocycles. The number of morpholine rings is 1. The van der Waals surface area contributed by atoms with Crippen molar-refractivity contribution in [3.8, 4) is 11.3 Å². The predicted molar refractivity (Wildman–Crippen MR) is 104 cm³/mol. The summed E-state index contributed by atoms with van der Waals surface area (Å²) in [6.07, 6.45) is 0. The molecule has 0 atom stereocenters. The maximum absolute atomic E-state index is 13.1. The van der Waals surface area contributed by atoms with Crippen LogP contribution >= 0.6 is 0 Å². The van der Waals surface area contributed by atoms with Crippen LogP contribution in [0, 0.1) is 12.7 Å². The summed E-state index contributed by atoms with van der Waals surface area (Å²) in [6, 6.07) is 8.83. The molecule has 30 heavy (non-hydrogen) atoms. The molecule has 0 saturated carbocycles. The van der Waals surface area contributed by atoms with Gasteiger partial charge in [0.25, 0.3) is 5.91 Å². The van der Waals surface area contributed by atoms with Crippen molar-refractivity contribution in [3.05, 3.63) is 53.7 Å². The number of hydrogen-bond donors (Lipinski definition) is 1. The Morgan fingerprint density at radius 3 is 2.63 bits per heavy atom. The second kappa shape index (κ2) is 8.46. The van der Waals surface area contributed by atoms with Gasteiger partial charge in [-0.05, 0) is 31.2 Å². The Bertz CT molecular complexity index is 1050. The fraction of sp³-hybridized carbons (Fsp3) is 0.300. The standard InChI is InChI=1S/C20H20FN5O4/c1-13-10-18(23-26(13)12-19(27)25-6-8-29-9-7-25)22-20(28)17-11-16(24-30-17)14-2-4-15(21)5-3-14/h2-5,10-11H,6-9,12H2,1H3,(H,22,23,28). The van der Waals surface area contributed by atoms with Crippen LogP contribution < -0.4 is 5.32 Å². The van der Waals surface area contributed by atoms with E-state index in [1.54, 1.807) is 30.0 Å². The van der Waals surface area contributed by atoms with Crippen molar-refractivity contribution >= 4 is 17.6 Å². The van der Waals surface area contributed by atoms with E-state index in [4.69, 9.17) is 9.26 Å². The minimum absolute atomic E-state index is 0.00841. The van der Waals surface area contributed by atoms with E-state index in [1.807, 2.05) is 0 Å². The van der Waals surface area contributed by atoms with Crippen molar-refractivity contribution in [1.82, 2.24) is 19.8 Å². The smallest absolute Gasteiger partial charge is 0.295 e. The van der Waals surface area contributed by atoms with Crippen molar-refractivity contribution in [1.29, 1.82) is 0 Å². The highest BCUT2D eigenvalue weighted by molar-refractivity contribution is 6.02. The molecule has 1 aliphatic rings. The van der Waals surface area contributed by atoms with Gasteiger partial charge in [0.2, 0.25) is 11.7 Å². The summed E-state index contributed by atoms with van der Waals surface area (Å²) >= 11 is 0. The number of carbonyl (C=O) groups is 2. The molecule has 0 radical (unpaired) electrons. The Morgan fingerprint density at radius 1 is 1.17 bits per heavy atom. The van der Waals surface area contributed by atoms with Gasteiger partial charge >= 0.3 is 0 Å². The minimum atomic E-state index is -0.528. The van der Waals surface area contributed by atoms with E-state index in [2.05, 4.69) is 15.6 Å². The molecular weight excluding hydrogens is 393 g/mol. The number of rotatable bonds is 5. The number of anilines is 1. The fourth-order valence-electron chi connectivity index (χ4n) is 3.09. The third-order valence-corrected chi connectivity index (χ3v) is 4.75. The van der Waals surface area contributed by atoms with Gasteiger partial charge in [0.15, 0.2) is 5.82 Å². The van der Waals surface area contributed by atoms with Gasteiger partial charge in [-0.1, -0.05) is 5.16 Å². The zero-order valence-electron chi connectivity index (χ0n) is 16.3. The van der Waals surface area contributed by atoms with Crippen molar-refractivity contribution in [2.75, 3.05) is 31.6 Å². The van der Waals surface area contributed by atoms with Crippen molar-refractivity contribution in [2.45, 2.75) is 13.5 Å². The van der Waals surface area contributed by atoms with Crippen LogP contribution in [-0.4, -0.2) is 58.0 Å². The minimum Gasteiger partial charge on any atom is -0.378 e. The Balaban J connectivity index is 1.41. The van der Waals surface area contributed by atoms with Crippen LogP contribution in [0.2, 0.25) is 0 Å². The summed E-state index contributed by atoms with van der Waals surface area (Å²) < 4.78 is 24.9. The molecule has 0 spiro atoms. The molecule has 2 amide bonds. The van der Waals surface area contributed by atoms with Gasteiger partial charge in [0.05, 0.1) is 13.2 Å². The number of aryl methyl sites for hydroxylation is 1. The lowest BCUT2D eigenvalue weighted by Gasteiger charge is -2.26. The van der Waals surface area contributed by atoms with Crippen LogP contribution in [0.15, 0.2) is 40.9 Å².